The van der Waals surface area contributed by atoms with Gasteiger partial charge in [0.25, 0.3) is 0 Å². The molecule has 0 spiro atoms. The molecular formula is C12H12FN3O3S. The molecule has 1 rings (SSSR count). The number of carbonyl (C=O) groups is 1. The number of thioether (sulfide) groups is 1. The molecule has 0 atom stereocenters. The third-order valence-corrected chi connectivity index (χ3v) is 2.84. The van der Waals surface area contributed by atoms with Crippen molar-refractivity contribution in [2.45, 2.75) is 0 Å². The Bertz CT molecular complexity index is 584. The van der Waals surface area contributed by atoms with E-state index in [9.17, 15) is 9.18 Å². The summed E-state index contributed by atoms with van der Waals surface area (Å²) in [5, 5.41) is 11.2. The molecule has 0 aromatic heterocycles. The van der Waals surface area contributed by atoms with Crippen LogP contribution in [0.1, 0.15) is 10.4 Å². The molecule has 0 saturated carbocycles. The summed E-state index contributed by atoms with van der Waals surface area (Å²) in [4.78, 5) is 15.7. The minimum atomic E-state index is -0.865. The number of rotatable bonds is 3. The molecular weight excluding hydrogens is 285 g/mol. The number of esters is 1. The maximum Gasteiger partial charge on any atom is 0.344 e. The molecule has 0 aliphatic carbocycles. The van der Waals surface area contributed by atoms with Crippen LogP contribution >= 0.6 is 11.8 Å². The Morgan fingerprint density at radius 2 is 2.20 bits per heavy atom. The predicted molar refractivity (Wildman–Crippen MR) is 73.7 cm³/mol. The van der Waals surface area contributed by atoms with Crippen molar-refractivity contribution in [3.8, 4) is 11.9 Å². The fourth-order valence-corrected chi connectivity index (χ4v) is 1.75. The Kier molecular flexibility index (Phi) is 5.80. The number of halogens is 1. The van der Waals surface area contributed by atoms with Gasteiger partial charge in [-0.2, -0.15) is 5.26 Å². The average molecular weight is 297 g/mol. The van der Waals surface area contributed by atoms with Gasteiger partial charge in [0.1, 0.15) is 17.1 Å². The lowest BCUT2D eigenvalue weighted by Gasteiger charge is -2.11. The number of nitrogens with one attached hydrogen (secondary N) is 1. The zero-order valence-corrected chi connectivity index (χ0v) is 11.9. The fraction of sp³-hybridized carbons (Fsp3) is 0.250. The Morgan fingerprint density at radius 1 is 1.50 bits per heavy atom. The van der Waals surface area contributed by atoms with Crippen LogP contribution in [0.25, 0.3) is 0 Å². The third-order valence-electron chi connectivity index (χ3n) is 2.26. The third kappa shape index (κ3) is 3.39. The summed E-state index contributed by atoms with van der Waals surface area (Å²) >= 11 is 1.18. The lowest BCUT2D eigenvalue weighted by atomic mass is 10.1. The van der Waals surface area contributed by atoms with Crippen molar-refractivity contribution in [3.63, 3.8) is 0 Å². The number of benzene rings is 1. The van der Waals surface area contributed by atoms with Crippen LogP contribution in [0.5, 0.6) is 5.75 Å². The Balaban J connectivity index is 3.42. The van der Waals surface area contributed by atoms with E-state index in [4.69, 9.17) is 10.00 Å². The SMILES string of the molecule is COC(=O)c1c(F)ccc(N=C(NC#N)SC)c1OC. The van der Waals surface area contributed by atoms with Gasteiger partial charge in [0.2, 0.25) is 0 Å². The normalized spacial score (nSPS) is 10.7. The number of hydrogen-bond acceptors (Lipinski definition) is 6. The van der Waals surface area contributed by atoms with Crippen LogP contribution in [-0.2, 0) is 4.74 Å². The number of methoxy groups -OCH3 is 2. The molecule has 0 heterocycles. The number of hydrogen-bond donors (Lipinski definition) is 1. The minimum absolute atomic E-state index is 0.0526. The molecule has 0 bridgehead atoms. The number of aliphatic imine (C=N–C) groups is 1. The molecule has 0 unspecified atom stereocenters. The zero-order valence-electron chi connectivity index (χ0n) is 11.1. The molecule has 1 N–H and O–H groups in total. The Morgan fingerprint density at radius 3 is 2.70 bits per heavy atom. The number of nitrogens with zero attached hydrogens (tertiary/aromatic N) is 2. The molecule has 0 radical (unpaired) electrons. The first-order valence-corrected chi connectivity index (χ1v) is 6.54. The summed E-state index contributed by atoms with van der Waals surface area (Å²) in [6.07, 6.45) is 3.44. The monoisotopic (exact) mass is 297 g/mol. The van der Waals surface area contributed by atoms with E-state index in [1.807, 2.05) is 0 Å². The highest BCUT2D eigenvalue weighted by Gasteiger charge is 2.22. The highest BCUT2D eigenvalue weighted by atomic mass is 32.2. The largest absolute Gasteiger partial charge is 0.493 e. The summed E-state index contributed by atoms with van der Waals surface area (Å²) in [6.45, 7) is 0. The van der Waals surface area contributed by atoms with Crippen LogP contribution in [-0.4, -0.2) is 31.6 Å². The van der Waals surface area contributed by atoms with Crippen molar-refractivity contribution in [3.05, 3.63) is 23.5 Å². The minimum Gasteiger partial charge on any atom is -0.493 e. The van der Waals surface area contributed by atoms with Crippen molar-refractivity contribution in [1.82, 2.24) is 5.32 Å². The molecule has 106 valence electrons. The Labute approximate surface area is 119 Å². The first-order valence-electron chi connectivity index (χ1n) is 5.31. The second-order valence-electron chi connectivity index (χ2n) is 3.32. The molecule has 0 amide bonds. The van der Waals surface area contributed by atoms with Gasteiger partial charge in [-0.25, -0.2) is 14.2 Å². The van der Waals surface area contributed by atoms with Gasteiger partial charge in [-0.05, 0) is 18.4 Å². The summed E-state index contributed by atoms with van der Waals surface area (Å²) in [6, 6.07) is 2.42. The smallest absolute Gasteiger partial charge is 0.344 e. The predicted octanol–water partition coefficient (Wildman–Crippen LogP) is 2.04. The van der Waals surface area contributed by atoms with Gasteiger partial charge in [-0.3, -0.25) is 5.32 Å². The summed E-state index contributed by atoms with van der Waals surface area (Å²) in [5.41, 5.74) is -0.130. The quantitative estimate of drug-likeness (QED) is 0.302. The van der Waals surface area contributed by atoms with E-state index in [1.54, 1.807) is 12.4 Å². The van der Waals surface area contributed by atoms with Crippen LogP contribution in [0.3, 0.4) is 0 Å². The van der Waals surface area contributed by atoms with E-state index in [0.717, 1.165) is 13.2 Å². The number of ether oxygens (including phenoxy) is 2. The molecule has 1 aromatic rings. The maximum atomic E-state index is 13.7. The first kappa shape index (κ1) is 15.8. The first-order chi connectivity index (χ1) is 9.58. The number of amidine groups is 1. The topological polar surface area (TPSA) is 83.7 Å². The second-order valence-corrected chi connectivity index (χ2v) is 4.12. The van der Waals surface area contributed by atoms with Gasteiger partial charge in [-0.15, -0.1) is 0 Å². The van der Waals surface area contributed by atoms with Gasteiger partial charge in [-0.1, -0.05) is 11.8 Å². The molecule has 1 aromatic carbocycles. The molecule has 8 heteroatoms. The zero-order chi connectivity index (χ0) is 15.1. The lowest BCUT2D eigenvalue weighted by molar-refractivity contribution is 0.0591. The van der Waals surface area contributed by atoms with Crippen molar-refractivity contribution in [1.29, 1.82) is 5.26 Å². The van der Waals surface area contributed by atoms with Crippen molar-refractivity contribution < 1.29 is 18.7 Å². The van der Waals surface area contributed by atoms with Gasteiger partial charge in [0.05, 0.1) is 14.2 Å². The van der Waals surface area contributed by atoms with E-state index >= 15 is 0 Å². The fourth-order valence-electron chi connectivity index (χ4n) is 1.42. The second kappa shape index (κ2) is 7.35. The van der Waals surface area contributed by atoms with E-state index in [-0.39, 0.29) is 22.2 Å². The molecule has 20 heavy (non-hydrogen) atoms. The van der Waals surface area contributed by atoms with Crippen LogP contribution in [0.4, 0.5) is 10.1 Å². The highest BCUT2D eigenvalue weighted by molar-refractivity contribution is 8.13. The Hall–Kier alpha value is -2.27. The van der Waals surface area contributed by atoms with Crippen molar-refractivity contribution in [2.75, 3.05) is 20.5 Å². The van der Waals surface area contributed by atoms with Crippen LogP contribution in [0.15, 0.2) is 17.1 Å². The highest BCUT2D eigenvalue weighted by Crippen LogP contribution is 2.34. The van der Waals surface area contributed by atoms with Crippen LogP contribution < -0.4 is 10.1 Å². The van der Waals surface area contributed by atoms with Gasteiger partial charge in [0.15, 0.2) is 17.1 Å². The molecule has 0 saturated heterocycles. The van der Waals surface area contributed by atoms with Gasteiger partial charge < -0.3 is 9.47 Å². The van der Waals surface area contributed by atoms with E-state index in [0.29, 0.717) is 0 Å². The van der Waals surface area contributed by atoms with E-state index in [2.05, 4.69) is 15.0 Å². The van der Waals surface area contributed by atoms with Crippen molar-refractivity contribution >= 4 is 28.6 Å². The van der Waals surface area contributed by atoms with Crippen LogP contribution in [0.2, 0.25) is 0 Å². The van der Waals surface area contributed by atoms with Gasteiger partial charge >= 0.3 is 5.97 Å². The molecule has 0 aliphatic rings. The maximum absolute atomic E-state index is 13.7. The molecule has 0 aliphatic heterocycles. The molecule has 6 nitrogen and oxygen atoms in total. The number of nitriles is 1. The molecule has 0 fully saturated rings. The number of carbonyl (C=O) groups excluding carboxylic acids is 1. The van der Waals surface area contributed by atoms with Crippen molar-refractivity contribution in [2.24, 2.45) is 4.99 Å². The summed E-state index contributed by atoms with van der Waals surface area (Å²) in [7, 11) is 2.43. The van der Waals surface area contributed by atoms with Gasteiger partial charge in [0, 0.05) is 0 Å². The summed E-state index contributed by atoms with van der Waals surface area (Å²) < 4.78 is 23.3. The average Bonchev–Trinajstić information content (AvgIpc) is 2.46. The summed E-state index contributed by atoms with van der Waals surface area (Å²) in [5.74, 6) is -1.69. The lowest BCUT2D eigenvalue weighted by Crippen LogP contribution is -2.13. The van der Waals surface area contributed by atoms with Crippen LogP contribution in [0, 0.1) is 17.3 Å². The van der Waals surface area contributed by atoms with E-state index < -0.39 is 11.8 Å². The standard InChI is InChI=1S/C12H12FN3O3S/c1-18-10-8(16-12(20-3)15-6-14)5-4-7(13)9(10)11(17)19-2/h4-5H,1-3H3,(H,15,16). The van der Waals surface area contributed by atoms with E-state index in [1.165, 1.54) is 24.9 Å².